The topological polar surface area (TPSA) is 151 Å². The number of carbonyl (C=O) groups excluding carboxylic acids is 1. The van der Waals surface area contributed by atoms with Crippen molar-refractivity contribution in [2.45, 2.75) is 32.9 Å². The van der Waals surface area contributed by atoms with Gasteiger partial charge in [-0.1, -0.05) is 11.6 Å². The summed E-state index contributed by atoms with van der Waals surface area (Å²) in [5.74, 6) is 1.13. The molecule has 0 fully saturated rings. The maximum absolute atomic E-state index is 11.9. The van der Waals surface area contributed by atoms with E-state index in [9.17, 15) is 14.9 Å². The highest BCUT2D eigenvalue weighted by Gasteiger charge is 2.27. The van der Waals surface area contributed by atoms with Gasteiger partial charge >= 0.3 is 6.16 Å². The first-order valence-corrected chi connectivity index (χ1v) is 9.46. The van der Waals surface area contributed by atoms with E-state index < -0.39 is 17.5 Å². The standard InChI is InChI=1S/C16H23ClN6O7/c1-10-19-13(17)12(14(20-10)27-3)21-15-18-6-7-22(15)11(2)30-16(24)28-8-4-5-9-29-23(25)26/h11H,4-9H2,1-3H3,(H,18,21). The molecule has 1 aromatic heterocycles. The van der Waals surface area contributed by atoms with Crippen LogP contribution >= 0.6 is 11.6 Å². The molecule has 0 bridgehead atoms. The lowest BCUT2D eigenvalue weighted by Crippen LogP contribution is -2.42. The average molecular weight is 447 g/mol. The lowest BCUT2D eigenvalue weighted by Gasteiger charge is -2.27. The predicted octanol–water partition coefficient (Wildman–Crippen LogP) is 2.02. The van der Waals surface area contributed by atoms with E-state index in [-0.39, 0.29) is 24.2 Å². The summed E-state index contributed by atoms with van der Waals surface area (Å²) < 4.78 is 15.5. The molecule has 2 rings (SSSR count). The zero-order valence-corrected chi connectivity index (χ0v) is 17.5. The van der Waals surface area contributed by atoms with Crippen molar-refractivity contribution in [1.29, 1.82) is 0 Å². The fraction of sp³-hybridized carbons (Fsp3) is 0.625. The Morgan fingerprint density at radius 2 is 2.10 bits per heavy atom. The van der Waals surface area contributed by atoms with E-state index >= 15 is 0 Å². The molecule has 0 saturated heterocycles. The molecule has 0 saturated carbocycles. The van der Waals surface area contributed by atoms with E-state index in [1.807, 2.05) is 0 Å². The van der Waals surface area contributed by atoms with E-state index in [1.165, 1.54) is 7.11 Å². The minimum Gasteiger partial charge on any atom is -0.479 e. The quantitative estimate of drug-likeness (QED) is 0.185. The molecular formula is C16H23ClN6O7. The van der Waals surface area contributed by atoms with Gasteiger partial charge in [0.05, 0.1) is 26.9 Å². The number of hydrogen-bond donors (Lipinski definition) is 1. The minimum absolute atomic E-state index is 0.0549. The number of guanidine groups is 1. The second-order valence-electron chi connectivity index (χ2n) is 6.05. The number of aromatic nitrogens is 2. The van der Waals surface area contributed by atoms with Crippen LogP contribution in [0.1, 0.15) is 25.6 Å². The molecule has 0 aromatic carbocycles. The van der Waals surface area contributed by atoms with Crippen LogP contribution in [0.2, 0.25) is 5.15 Å². The highest BCUT2D eigenvalue weighted by Crippen LogP contribution is 2.29. The van der Waals surface area contributed by atoms with Gasteiger partial charge in [-0.25, -0.2) is 9.78 Å². The molecule has 0 radical (unpaired) electrons. The first kappa shape index (κ1) is 23.2. The van der Waals surface area contributed by atoms with Crippen LogP contribution in [0.5, 0.6) is 5.88 Å². The number of anilines is 1. The largest absolute Gasteiger partial charge is 0.510 e. The fourth-order valence-corrected chi connectivity index (χ4v) is 2.79. The Kier molecular flexibility index (Phi) is 8.65. The smallest absolute Gasteiger partial charge is 0.479 e. The zero-order valence-electron chi connectivity index (χ0n) is 16.8. The second kappa shape index (κ2) is 11.2. The molecule has 0 amide bonds. The number of aryl methyl sites for hydroxylation is 1. The molecule has 2 heterocycles. The van der Waals surface area contributed by atoms with Gasteiger partial charge in [0.2, 0.25) is 11.8 Å². The molecule has 1 aromatic rings. The summed E-state index contributed by atoms with van der Waals surface area (Å²) in [5, 5.41) is 12.4. The predicted molar refractivity (Wildman–Crippen MR) is 105 cm³/mol. The normalized spacial score (nSPS) is 14.0. The molecule has 1 atom stereocenters. The Bertz CT molecular complexity index is 794. The summed E-state index contributed by atoms with van der Waals surface area (Å²) in [6.45, 7) is 4.33. The number of nitrogens with zero attached hydrogens (tertiary/aromatic N) is 5. The SMILES string of the molecule is COc1nc(C)nc(Cl)c1NC1=NCCN1C(C)OC(=O)OCCCCO[N+](=O)[O-]. The van der Waals surface area contributed by atoms with Crippen LogP contribution in [-0.4, -0.2) is 71.7 Å². The van der Waals surface area contributed by atoms with E-state index in [2.05, 4.69) is 25.1 Å². The third-order valence-corrected chi connectivity index (χ3v) is 4.18. The summed E-state index contributed by atoms with van der Waals surface area (Å²) in [4.78, 5) is 40.4. The van der Waals surface area contributed by atoms with Crippen molar-refractivity contribution in [2.24, 2.45) is 4.99 Å². The van der Waals surface area contributed by atoms with Crippen molar-refractivity contribution in [2.75, 3.05) is 38.7 Å². The number of halogens is 1. The number of methoxy groups -OCH3 is 1. The third-order valence-electron chi connectivity index (χ3n) is 3.91. The van der Waals surface area contributed by atoms with Crippen LogP contribution in [-0.2, 0) is 14.3 Å². The molecule has 1 unspecified atom stereocenters. The number of unbranched alkanes of at least 4 members (excludes halogenated alkanes) is 1. The van der Waals surface area contributed by atoms with Crippen molar-refractivity contribution in [1.82, 2.24) is 14.9 Å². The summed E-state index contributed by atoms with van der Waals surface area (Å²) in [7, 11) is 1.46. The lowest BCUT2D eigenvalue weighted by atomic mass is 10.3. The van der Waals surface area contributed by atoms with Gasteiger partial charge in [0.1, 0.15) is 11.5 Å². The van der Waals surface area contributed by atoms with Crippen molar-refractivity contribution in [3.05, 3.63) is 21.1 Å². The Hall–Kier alpha value is -3.09. The molecule has 13 nitrogen and oxygen atoms in total. The van der Waals surface area contributed by atoms with Crippen LogP contribution in [0, 0.1) is 17.0 Å². The van der Waals surface area contributed by atoms with Gasteiger partial charge in [0.25, 0.3) is 5.09 Å². The van der Waals surface area contributed by atoms with Crippen molar-refractivity contribution >= 4 is 29.4 Å². The number of rotatable bonds is 10. The first-order chi connectivity index (χ1) is 14.3. The molecule has 30 heavy (non-hydrogen) atoms. The molecule has 166 valence electrons. The molecule has 0 aliphatic carbocycles. The molecule has 1 aliphatic rings. The van der Waals surface area contributed by atoms with Gasteiger partial charge in [-0.05, 0) is 26.7 Å². The highest BCUT2D eigenvalue weighted by atomic mass is 35.5. The second-order valence-corrected chi connectivity index (χ2v) is 6.41. The Morgan fingerprint density at radius 1 is 1.37 bits per heavy atom. The summed E-state index contributed by atoms with van der Waals surface area (Å²) >= 11 is 6.20. The number of aliphatic imine (C=N–C) groups is 1. The molecule has 1 aliphatic heterocycles. The monoisotopic (exact) mass is 446 g/mol. The number of hydrogen-bond acceptors (Lipinski definition) is 12. The van der Waals surface area contributed by atoms with E-state index in [0.717, 1.165) is 0 Å². The Morgan fingerprint density at radius 3 is 2.80 bits per heavy atom. The number of ether oxygens (including phenoxy) is 3. The minimum atomic E-state index is -0.870. The molecule has 0 spiro atoms. The molecule has 14 heteroatoms. The summed E-state index contributed by atoms with van der Waals surface area (Å²) in [6, 6.07) is 0. The average Bonchev–Trinajstić information content (AvgIpc) is 3.14. The van der Waals surface area contributed by atoms with Crippen molar-refractivity contribution in [3.8, 4) is 5.88 Å². The van der Waals surface area contributed by atoms with Crippen LogP contribution < -0.4 is 10.1 Å². The van der Waals surface area contributed by atoms with Gasteiger partial charge in [-0.15, -0.1) is 10.1 Å². The molecular weight excluding hydrogens is 424 g/mol. The van der Waals surface area contributed by atoms with E-state index in [0.29, 0.717) is 43.4 Å². The highest BCUT2D eigenvalue weighted by molar-refractivity contribution is 6.32. The fourth-order valence-electron chi connectivity index (χ4n) is 2.54. The van der Waals surface area contributed by atoms with Crippen molar-refractivity contribution in [3.63, 3.8) is 0 Å². The maximum atomic E-state index is 11.9. The molecule has 1 N–H and O–H groups in total. The van der Waals surface area contributed by atoms with Gasteiger partial charge < -0.3 is 29.3 Å². The van der Waals surface area contributed by atoms with Crippen molar-refractivity contribution < 1.29 is 28.9 Å². The Balaban J connectivity index is 1.85. The first-order valence-electron chi connectivity index (χ1n) is 9.08. The zero-order chi connectivity index (χ0) is 22.1. The van der Waals surface area contributed by atoms with Gasteiger partial charge in [0.15, 0.2) is 11.4 Å². The number of carbonyl (C=O) groups is 1. The summed E-state index contributed by atoms with van der Waals surface area (Å²) in [5.41, 5.74) is 0.349. The third kappa shape index (κ3) is 6.76. The van der Waals surface area contributed by atoms with Crippen LogP contribution in [0.15, 0.2) is 4.99 Å². The van der Waals surface area contributed by atoms with Gasteiger partial charge in [-0.3, -0.25) is 4.99 Å². The van der Waals surface area contributed by atoms with Gasteiger partial charge in [-0.2, -0.15) is 4.98 Å². The van der Waals surface area contributed by atoms with Crippen LogP contribution in [0.4, 0.5) is 10.5 Å². The lowest BCUT2D eigenvalue weighted by molar-refractivity contribution is -0.757. The maximum Gasteiger partial charge on any atom is 0.510 e. The number of nitrogens with one attached hydrogen (secondary N) is 1. The van der Waals surface area contributed by atoms with Gasteiger partial charge in [0, 0.05) is 6.54 Å². The van der Waals surface area contributed by atoms with Crippen LogP contribution in [0.3, 0.4) is 0 Å². The van der Waals surface area contributed by atoms with Crippen LogP contribution in [0.25, 0.3) is 0 Å². The summed E-state index contributed by atoms with van der Waals surface area (Å²) in [6.07, 6.45) is -0.766. The van der Waals surface area contributed by atoms with E-state index in [1.54, 1.807) is 18.7 Å². The van der Waals surface area contributed by atoms with E-state index in [4.69, 9.17) is 25.8 Å². The Labute approximate surface area is 177 Å².